The Morgan fingerprint density at radius 2 is 2.00 bits per heavy atom. The normalized spacial score (nSPS) is 25.1. The highest BCUT2D eigenvalue weighted by molar-refractivity contribution is 7.93. The fourth-order valence-electron chi connectivity index (χ4n) is 5.86. The van der Waals surface area contributed by atoms with Crippen molar-refractivity contribution < 1.29 is 18.1 Å². The maximum absolute atomic E-state index is 14.2. The molecule has 1 aliphatic carbocycles. The Kier molecular flexibility index (Phi) is 5.96. The molecule has 2 aliphatic heterocycles. The predicted octanol–water partition coefficient (Wildman–Crippen LogP) is 5.51. The highest BCUT2D eigenvalue weighted by Gasteiger charge is 2.42. The minimum atomic E-state index is -2.16. The van der Waals surface area contributed by atoms with Crippen LogP contribution >= 0.6 is 0 Å². The molecule has 0 bridgehead atoms. The number of fused-ring (bicyclic) bond motifs is 2. The van der Waals surface area contributed by atoms with E-state index in [9.17, 15) is 8.60 Å². The van der Waals surface area contributed by atoms with Crippen molar-refractivity contribution >= 4 is 26.3 Å². The van der Waals surface area contributed by atoms with Crippen molar-refractivity contribution in [1.82, 2.24) is 9.97 Å². The van der Waals surface area contributed by atoms with E-state index in [4.69, 9.17) is 9.47 Å². The summed E-state index contributed by atoms with van der Waals surface area (Å²) in [5.74, 6) is 1.95. The second-order valence-electron chi connectivity index (χ2n) is 10.0. The van der Waals surface area contributed by atoms with Crippen LogP contribution in [0.5, 0.6) is 5.75 Å². The molecule has 1 saturated carbocycles. The van der Waals surface area contributed by atoms with E-state index in [1.807, 2.05) is 19.1 Å². The van der Waals surface area contributed by atoms with Crippen LogP contribution in [-0.2, 0) is 20.9 Å². The molecule has 0 amide bonds. The summed E-state index contributed by atoms with van der Waals surface area (Å²) >= 11 is 0. The number of nitrogens with zero attached hydrogens (tertiary/aromatic N) is 3. The molecule has 0 spiro atoms. The number of aryl methyl sites for hydroxylation is 1. The first-order chi connectivity index (χ1) is 17.0. The van der Waals surface area contributed by atoms with Gasteiger partial charge in [-0.25, -0.2) is 18.6 Å². The van der Waals surface area contributed by atoms with Gasteiger partial charge in [-0.3, -0.25) is 0 Å². The summed E-state index contributed by atoms with van der Waals surface area (Å²) in [4.78, 5) is 9.07. The first-order valence-electron chi connectivity index (χ1n) is 12.5. The van der Waals surface area contributed by atoms with Crippen LogP contribution in [0.1, 0.15) is 48.9 Å². The first kappa shape index (κ1) is 22.9. The Labute approximate surface area is 205 Å². The van der Waals surface area contributed by atoms with E-state index in [1.54, 1.807) is 12.4 Å². The van der Waals surface area contributed by atoms with Gasteiger partial charge in [-0.15, -0.1) is 0 Å². The van der Waals surface area contributed by atoms with E-state index < -0.39 is 9.73 Å². The Morgan fingerprint density at radius 3 is 2.86 bits per heavy atom. The average Bonchev–Trinajstić information content (AvgIpc) is 3.54. The van der Waals surface area contributed by atoms with Gasteiger partial charge in [0.25, 0.3) is 0 Å². The van der Waals surface area contributed by atoms with E-state index in [-0.39, 0.29) is 18.0 Å². The third kappa shape index (κ3) is 4.54. The average molecular weight is 496 g/mol. The standard InChI is InChI=1S/C27H30FN3O3S/c1-17-11-20(31-35(32)9-2-3-10-35)14-23-27(17)22(29-16-30-23)12-18-7-8-19(28)13-25(18)34-26-15-33-24-6-4-5-21(24)26/h7-8,11,13-14,16,21,24,26H,2-6,9-10,12,15H2,1H3/t21-,24+,26+/m0/s1. The van der Waals surface area contributed by atoms with Crippen molar-refractivity contribution in [2.75, 3.05) is 18.1 Å². The maximum atomic E-state index is 14.2. The fraction of sp³-hybridized carbons (Fsp3) is 0.481. The SMILES string of the molecule is Cc1cc(N=S2(=O)CCCC2)cc2ncnc(Cc3ccc(F)cc3O[C@@H]3CO[C@@H]4CCC[C@@H]43)c12. The monoisotopic (exact) mass is 495 g/mol. The number of hydrogen-bond donors (Lipinski definition) is 0. The Hall–Kier alpha value is -2.58. The van der Waals surface area contributed by atoms with Gasteiger partial charge < -0.3 is 9.47 Å². The summed E-state index contributed by atoms with van der Waals surface area (Å²) in [5, 5.41) is 0.947. The second kappa shape index (κ2) is 9.13. The van der Waals surface area contributed by atoms with Gasteiger partial charge in [0.1, 0.15) is 24.0 Å². The molecule has 3 aliphatic rings. The molecular weight excluding hydrogens is 465 g/mol. The molecule has 3 atom stereocenters. The fourth-order valence-corrected chi connectivity index (χ4v) is 8.04. The molecule has 6 rings (SSSR count). The lowest BCUT2D eigenvalue weighted by molar-refractivity contribution is 0.0914. The van der Waals surface area contributed by atoms with Crippen molar-refractivity contribution in [1.29, 1.82) is 0 Å². The number of aromatic nitrogens is 2. The van der Waals surface area contributed by atoms with Crippen molar-refractivity contribution in [3.63, 3.8) is 0 Å². The second-order valence-corrected chi connectivity index (χ2v) is 12.6. The highest BCUT2D eigenvalue weighted by Crippen LogP contribution is 2.39. The molecule has 0 N–H and O–H groups in total. The summed E-state index contributed by atoms with van der Waals surface area (Å²) in [7, 11) is -2.16. The predicted molar refractivity (Wildman–Crippen MR) is 134 cm³/mol. The third-order valence-electron chi connectivity index (χ3n) is 7.57. The van der Waals surface area contributed by atoms with E-state index in [0.29, 0.717) is 41.9 Å². The van der Waals surface area contributed by atoms with Crippen molar-refractivity contribution in [2.45, 2.75) is 57.7 Å². The van der Waals surface area contributed by atoms with Gasteiger partial charge in [-0.05, 0) is 56.4 Å². The minimum absolute atomic E-state index is 0.0476. The molecule has 3 heterocycles. The number of ether oxygens (including phenoxy) is 2. The molecular formula is C27H30FN3O3S. The smallest absolute Gasteiger partial charge is 0.127 e. The molecule has 1 aromatic heterocycles. The number of halogens is 1. The quantitative estimate of drug-likeness (QED) is 0.467. The molecule has 2 saturated heterocycles. The van der Waals surface area contributed by atoms with Crippen molar-refractivity contribution in [3.05, 3.63) is 59.3 Å². The van der Waals surface area contributed by atoms with Gasteiger partial charge in [0.05, 0.1) is 39.3 Å². The molecule has 184 valence electrons. The van der Waals surface area contributed by atoms with E-state index in [0.717, 1.165) is 59.8 Å². The third-order valence-corrected chi connectivity index (χ3v) is 9.96. The maximum Gasteiger partial charge on any atom is 0.127 e. The molecule has 0 radical (unpaired) electrons. The Morgan fingerprint density at radius 1 is 1.14 bits per heavy atom. The zero-order chi connectivity index (χ0) is 24.0. The van der Waals surface area contributed by atoms with Crippen LogP contribution in [0.4, 0.5) is 10.1 Å². The molecule has 3 aromatic rings. The lowest BCUT2D eigenvalue weighted by Crippen LogP contribution is -2.26. The summed E-state index contributed by atoms with van der Waals surface area (Å²) in [5.41, 5.74) is 4.21. The largest absolute Gasteiger partial charge is 0.487 e. The van der Waals surface area contributed by atoms with Gasteiger partial charge in [0, 0.05) is 40.9 Å². The van der Waals surface area contributed by atoms with Crippen molar-refractivity contribution in [3.8, 4) is 5.75 Å². The molecule has 0 unspecified atom stereocenters. The van der Waals surface area contributed by atoms with Crippen LogP contribution in [0.3, 0.4) is 0 Å². The van der Waals surface area contributed by atoms with Gasteiger partial charge in [0.2, 0.25) is 0 Å². The van der Waals surface area contributed by atoms with E-state index in [1.165, 1.54) is 12.1 Å². The zero-order valence-corrected chi connectivity index (χ0v) is 20.7. The lowest BCUT2D eigenvalue weighted by Gasteiger charge is -2.20. The molecule has 6 nitrogen and oxygen atoms in total. The molecule has 3 fully saturated rings. The van der Waals surface area contributed by atoms with Crippen LogP contribution in [0.2, 0.25) is 0 Å². The van der Waals surface area contributed by atoms with Gasteiger partial charge in [-0.1, -0.05) is 12.5 Å². The minimum Gasteiger partial charge on any atom is -0.487 e. The van der Waals surface area contributed by atoms with Gasteiger partial charge >= 0.3 is 0 Å². The van der Waals surface area contributed by atoms with Crippen LogP contribution in [0.15, 0.2) is 41.0 Å². The van der Waals surface area contributed by atoms with Gasteiger partial charge in [0.15, 0.2) is 0 Å². The summed E-state index contributed by atoms with van der Waals surface area (Å²) in [6.45, 7) is 2.56. The topological polar surface area (TPSA) is 73.7 Å². The van der Waals surface area contributed by atoms with Crippen LogP contribution < -0.4 is 4.74 Å². The number of rotatable bonds is 5. The summed E-state index contributed by atoms with van der Waals surface area (Å²) in [6.07, 6.45) is 7.53. The van der Waals surface area contributed by atoms with E-state index >= 15 is 0 Å². The van der Waals surface area contributed by atoms with Crippen molar-refractivity contribution in [2.24, 2.45) is 10.3 Å². The summed E-state index contributed by atoms with van der Waals surface area (Å²) < 4.78 is 44.1. The lowest BCUT2D eigenvalue weighted by atomic mass is 10.00. The molecule has 8 heteroatoms. The molecule has 35 heavy (non-hydrogen) atoms. The van der Waals surface area contributed by atoms with E-state index in [2.05, 4.69) is 14.3 Å². The highest BCUT2D eigenvalue weighted by atomic mass is 32.2. The Balaban J connectivity index is 1.33. The first-order valence-corrected chi connectivity index (χ1v) is 14.4. The number of hydrogen-bond acceptors (Lipinski definition) is 6. The Bertz CT molecular complexity index is 1390. The van der Waals surface area contributed by atoms with Crippen LogP contribution in [0, 0.1) is 18.7 Å². The molecule has 2 aromatic carbocycles. The number of benzene rings is 2. The van der Waals surface area contributed by atoms with Gasteiger partial charge in [-0.2, -0.15) is 4.36 Å². The van der Waals surface area contributed by atoms with Crippen LogP contribution in [0.25, 0.3) is 10.9 Å². The zero-order valence-electron chi connectivity index (χ0n) is 19.9. The van der Waals surface area contributed by atoms with Crippen LogP contribution in [-0.4, -0.2) is 44.5 Å². The summed E-state index contributed by atoms with van der Waals surface area (Å²) in [6, 6.07) is 8.60.